The quantitative estimate of drug-likeness (QED) is 0.536. The van der Waals surface area contributed by atoms with Crippen molar-refractivity contribution in [1.82, 2.24) is 29.5 Å². The molecule has 0 aliphatic rings. The molecule has 0 saturated carbocycles. The SMILES string of the molecule is Clc1cccc2ncn3nc(-c4cnccn4)nc3c12. The molecule has 96 valence electrons. The van der Waals surface area contributed by atoms with E-state index in [1.165, 1.54) is 0 Å². The van der Waals surface area contributed by atoms with Gasteiger partial charge < -0.3 is 0 Å². The van der Waals surface area contributed by atoms with Gasteiger partial charge in [-0.25, -0.2) is 19.5 Å². The zero-order valence-corrected chi connectivity index (χ0v) is 10.9. The predicted molar refractivity (Wildman–Crippen MR) is 74.3 cm³/mol. The smallest absolute Gasteiger partial charge is 0.202 e. The van der Waals surface area contributed by atoms with Gasteiger partial charge in [0, 0.05) is 12.4 Å². The third-order valence-corrected chi connectivity index (χ3v) is 3.26. The fourth-order valence-electron chi connectivity index (χ4n) is 2.06. The van der Waals surface area contributed by atoms with Gasteiger partial charge in [0.25, 0.3) is 0 Å². The summed E-state index contributed by atoms with van der Waals surface area (Å²) in [5.41, 5.74) is 2.04. The van der Waals surface area contributed by atoms with E-state index in [-0.39, 0.29) is 0 Å². The van der Waals surface area contributed by atoms with Crippen molar-refractivity contribution >= 4 is 28.2 Å². The highest BCUT2D eigenvalue weighted by Crippen LogP contribution is 2.26. The topological polar surface area (TPSA) is 68.9 Å². The number of rotatable bonds is 1. The van der Waals surface area contributed by atoms with E-state index in [1.54, 1.807) is 29.4 Å². The first-order chi connectivity index (χ1) is 9.83. The molecule has 0 aliphatic heterocycles. The van der Waals surface area contributed by atoms with E-state index in [0.717, 1.165) is 10.9 Å². The van der Waals surface area contributed by atoms with E-state index in [9.17, 15) is 0 Å². The average Bonchev–Trinajstić information content (AvgIpc) is 2.92. The van der Waals surface area contributed by atoms with Crippen LogP contribution in [0.15, 0.2) is 43.1 Å². The lowest BCUT2D eigenvalue weighted by Crippen LogP contribution is -1.91. The molecule has 7 heteroatoms. The standard InChI is InChI=1S/C13H7ClN6/c14-8-2-1-3-9-11(8)13-18-12(19-20(13)7-17-9)10-6-15-4-5-16-10/h1-7H. The molecule has 3 heterocycles. The third kappa shape index (κ3) is 1.62. The maximum atomic E-state index is 6.24. The molecule has 0 radical (unpaired) electrons. The lowest BCUT2D eigenvalue weighted by atomic mass is 10.2. The first-order valence-electron chi connectivity index (χ1n) is 5.89. The van der Waals surface area contributed by atoms with Gasteiger partial charge in [0.2, 0.25) is 5.82 Å². The van der Waals surface area contributed by atoms with Gasteiger partial charge in [0.15, 0.2) is 5.65 Å². The van der Waals surface area contributed by atoms with E-state index in [1.807, 2.05) is 18.2 Å². The molecule has 0 amide bonds. The molecule has 0 aliphatic carbocycles. The van der Waals surface area contributed by atoms with Gasteiger partial charge in [-0.1, -0.05) is 17.7 Å². The van der Waals surface area contributed by atoms with Crippen molar-refractivity contribution in [3.8, 4) is 11.5 Å². The summed E-state index contributed by atoms with van der Waals surface area (Å²) in [6.45, 7) is 0. The van der Waals surface area contributed by atoms with Gasteiger partial charge in [-0.15, -0.1) is 5.10 Å². The zero-order valence-electron chi connectivity index (χ0n) is 10.1. The summed E-state index contributed by atoms with van der Waals surface area (Å²) >= 11 is 6.24. The molecule has 6 nitrogen and oxygen atoms in total. The fourth-order valence-corrected chi connectivity index (χ4v) is 2.31. The Hall–Kier alpha value is -2.60. The normalized spacial score (nSPS) is 11.2. The number of benzene rings is 1. The summed E-state index contributed by atoms with van der Waals surface area (Å²) < 4.78 is 1.60. The van der Waals surface area contributed by atoms with Crippen LogP contribution in [-0.2, 0) is 0 Å². The second-order valence-corrected chi connectivity index (χ2v) is 4.58. The van der Waals surface area contributed by atoms with Crippen LogP contribution in [-0.4, -0.2) is 29.5 Å². The summed E-state index contributed by atoms with van der Waals surface area (Å²) in [5, 5.41) is 5.73. The summed E-state index contributed by atoms with van der Waals surface area (Å²) in [4.78, 5) is 17.0. The average molecular weight is 283 g/mol. The highest BCUT2D eigenvalue weighted by Gasteiger charge is 2.12. The van der Waals surface area contributed by atoms with Crippen molar-refractivity contribution in [2.45, 2.75) is 0 Å². The molecule has 1 aromatic carbocycles. The first-order valence-corrected chi connectivity index (χ1v) is 6.27. The minimum absolute atomic E-state index is 0.493. The summed E-state index contributed by atoms with van der Waals surface area (Å²) in [6.07, 6.45) is 6.43. The summed E-state index contributed by atoms with van der Waals surface area (Å²) in [5.74, 6) is 0.493. The second-order valence-electron chi connectivity index (χ2n) is 4.17. The van der Waals surface area contributed by atoms with E-state index >= 15 is 0 Å². The Labute approximate surface area is 118 Å². The fraction of sp³-hybridized carbons (Fsp3) is 0. The monoisotopic (exact) mass is 282 g/mol. The van der Waals surface area contributed by atoms with Crippen molar-refractivity contribution < 1.29 is 0 Å². The highest BCUT2D eigenvalue weighted by atomic mass is 35.5. The number of hydrogen-bond acceptors (Lipinski definition) is 5. The van der Waals surface area contributed by atoms with E-state index < -0.39 is 0 Å². The molecule has 0 bridgehead atoms. The minimum Gasteiger partial charge on any atom is -0.261 e. The Kier molecular flexibility index (Phi) is 2.37. The molecule has 0 atom stereocenters. The van der Waals surface area contributed by atoms with Crippen LogP contribution in [0.1, 0.15) is 0 Å². The maximum Gasteiger partial charge on any atom is 0.202 e. The molecule has 0 N–H and O–H groups in total. The van der Waals surface area contributed by atoms with Gasteiger partial charge in [-0.3, -0.25) is 4.98 Å². The van der Waals surface area contributed by atoms with Gasteiger partial charge in [0.05, 0.1) is 22.1 Å². The van der Waals surface area contributed by atoms with Gasteiger partial charge in [-0.05, 0) is 12.1 Å². The third-order valence-electron chi connectivity index (χ3n) is 2.94. The zero-order chi connectivity index (χ0) is 13.5. The first kappa shape index (κ1) is 11.2. The highest BCUT2D eigenvalue weighted by molar-refractivity contribution is 6.36. The van der Waals surface area contributed by atoms with E-state index in [2.05, 4.69) is 25.0 Å². The van der Waals surface area contributed by atoms with Crippen LogP contribution in [0, 0.1) is 0 Å². The number of nitrogens with zero attached hydrogens (tertiary/aromatic N) is 6. The Balaban J connectivity index is 2.07. The van der Waals surface area contributed by atoms with Crippen LogP contribution in [0.5, 0.6) is 0 Å². The Morgan fingerprint density at radius 3 is 2.90 bits per heavy atom. The molecule has 4 aromatic rings. The summed E-state index contributed by atoms with van der Waals surface area (Å²) in [7, 11) is 0. The van der Waals surface area contributed by atoms with Gasteiger partial charge in [0.1, 0.15) is 12.0 Å². The van der Waals surface area contributed by atoms with E-state index in [4.69, 9.17) is 11.6 Å². The Morgan fingerprint density at radius 2 is 2.05 bits per heavy atom. The molecule has 4 rings (SSSR count). The van der Waals surface area contributed by atoms with Crippen molar-refractivity contribution in [3.05, 3.63) is 48.1 Å². The molecule has 0 fully saturated rings. The van der Waals surface area contributed by atoms with Gasteiger partial charge in [-0.2, -0.15) is 0 Å². The summed E-state index contributed by atoms with van der Waals surface area (Å²) in [6, 6.07) is 5.55. The van der Waals surface area contributed by atoms with Crippen LogP contribution in [0.4, 0.5) is 0 Å². The Bertz CT molecular complexity index is 918. The molecule has 20 heavy (non-hydrogen) atoms. The van der Waals surface area contributed by atoms with Crippen LogP contribution >= 0.6 is 11.6 Å². The lowest BCUT2D eigenvalue weighted by Gasteiger charge is -1.99. The van der Waals surface area contributed by atoms with Crippen LogP contribution in [0.3, 0.4) is 0 Å². The van der Waals surface area contributed by atoms with Crippen molar-refractivity contribution in [1.29, 1.82) is 0 Å². The van der Waals surface area contributed by atoms with Gasteiger partial charge >= 0.3 is 0 Å². The number of halogens is 1. The van der Waals surface area contributed by atoms with Crippen molar-refractivity contribution in [3.63, 3.8) is 0 Å². The largest absolute Gasteiger partial charge is 0.261 e. The molecule has 0 unspecified atom stereocenters. The predicted octanol–water partition coefficient (Wildman–Crippen LogP) is 2.39. The molecular formula is C13H7ClN6. The molecule has 3 aromatic heterocycles. The van der Waals surface area contributed by atoms with Crippen molar-refractivity contribution in [2.75, 3.05) is 0 Å². The minimum atomic E-state index is 0.493. The number of hydrogen-bond donors (Lipinski definition) is 0. The van der Waals surface area contributed by atoms with Crippen LogP contribution in [0.2, 0.25) is 5.02 Å². The number of fused-ring (bicyclic) bond motifs is 3. The number of aromatic nitrogens is 6. The van der Waals surface area contributed by atoms with Crippen molar-refractivity contribution in [2.24, 2.45) is 0 Å². The second kappa shape index (κ2) is 4.21. The van der Waals surface area contributed by atoms with Crippen LogP contribution < -0.4 is 0 Å². The molecular weight excluding hydrogens is 276 g/mol. The maximum absolute atomic E-state index is 6.24. The van der Waals surface area contributed by atoms with Crippen LogP contribution in [0.25, 0.3) is 28.1 Å². The molecule has 0 spiro atoms. The lowest BCUT2D eigenvalue weighted by molar-refractivity contribution is 0.934. The van der Waals surface area contributed by atoms with E-state index in [0.29, 0.717) is 22.2 Å². The Morgan fingerprint density at radius 1 is 1.10 bits per heavy atom. The molecule has 0 saturated heterocycles.